The molecule has 3 heterocycles. The topological polar surface area (TPSA) is 132 Å². The molecule has 0 spiro atoms. The minimum absolute atomic E-state index is 0.198. The summed E-state index contributed by atoms with van der Waals surface area (Å²) >= 11 is 0. The zero-order chi connectivity index (χ0) is 28.6. The summed E-state index contributed by atoms with van der Waals surface area (Å²) in [5, 5.41) is 0. The summed E-state index contributed by atoms with van der Waals surface area (Å²) in [6.07, 6.45) is 6.46. The van der Waals surface area contributed by atoms with Crippen LogP contribution in [0.25, 0.3) is 22.5 Å². The highest BCUT2D eigenvalue weighted by Gasteiger charge is 2.52. The number of imide groups is 3. The van der Waals surface area contributed by atoms with Crippen molar-refractivity contribution in [2.75, 3.05) is 0 Å². The SMILES string of the molecule is CC(C)C1C(=O)N(C(=O)c2ccc(-c3cnc[nH]3)cc2)C(=O)C(C(C)C)N1C(=O)c1ccc(-c2cnc[nH]2)cc1. The average Bonchev–Trinajstić information content (AvgIpc) is 3.67. The molecule has 2 unspecified atom stereocenters. The zero-order valence-electron chi connectivity index (χ0n) is 22.7. The number of benzene rings is 2. The van der Waals surface area contributed by atoms with Crippen molar-refractivity contribution in [3.05, 3.63) is 84.7 Å². The minimum atomic E-state index is -1.00. The lowest BCUT2D eigenvalue weighted by Crippen LogP contribution is -2.69. The van der Waals surface area contributed by atoms with Gasteiger partial charge in [-0.15, -0.1) is 0 Å². The quantitative estimate of drug-likeness (QED) is 0.354. The number of hydrogen-bond acceptors (Lipinski definition) is 6. The standard InChI is InChI=1S/C30H30N6O4/c1-17(2)25-29(39)36(28(38)22-11-7-20(8-12-22)24-14-32-16-34-24)30(40)26(18(3)4)35(25)27(37)21-9-5-19(6-10-21)23-13-31-15-33-23/h5-18,25-26H,1-4H3,(H,31,33)(H,32,34). The van der Waals surface area contributed by atoms with Crippen LogP contribution in [-0.4, -0.2) is 65.4 Å². The van der Waals surface area contributed by atoms with Gasteiger partial charge in [-0.3, -0.25) is 19.2 Å². The molecule has 1 aliphatic heterocycles. The fourth-order valence-corrected chi connectivity index (χ4v) is 5.14. The molecular formula is C30H30N6O4. The lowest BCUT2D eigenvalue weighted by atomic mass is 9.88. The van der Waals surface area contributed by atoms with Gasteiger partial charge in [0.1, 0.15) is 12.1 Å². The highest BCUT2D eigenvalue weighted by Crippen LogP contribution is 2.31. The third-order valence-corrected chi connectivity index (χ3v) is 7.13. The Hall–Kier alpha value is -4.86. The molecule has 2 atom stereocenters. The zero-order valence-corrected chi connectivity index (χ0v) is 22.7. The fraction of sp³-hybridized carbons (Fsp3) is 0.267. The second-order valence-corrected chi connectivity index (χ2v) is 10.5. The van der Waals surface area contributed by atoms with Crippen molar-refractivity contribution in [2.45, 2.75) is 39.8 Å². The van der Waals surface area contributed by atoms with Crippen molar-refractivity contribution in [1.29, 1.82) is 0 Å². The van der Waals surface area contributed by atoms with Crippen molar-refractivity contribution in [1.82, 2.24) is 29.7 Å². The highest BCUT2D eigenvalue weighted by atomic mass is 16.2. The normalized spacial score (nSPS) is 17.6. The summed E-state index contributed by atoms with van der Waals surface area (Å²) in [7, 11) is 0. The maximum atomic E-state index is 13.9. The number of nitrogens with zero attached hydrogens (tertiary/aromatic N) is 4. The van der Waals surface area contributed by atoms with E-state index in [-0.39, 0.29) is 17.4 Å². The first kappa shape index (κ1) is 26.7. The van der Waals surface area contributed by atoms with E-state index in [2.05, 4.69) is 19.9 Å². The summed E-state index contributed by atoms with van der Waals surface area (Å²) in [6.45, 7) is 7.22. The molecule has 0 bridgehead atoms. The summed E-state index contributed by atoms with van der Waals surface area (Å²) in [4.78, 5) is 71.3. The monoisotopic (exact) mass is 538 g/mol. The van der Waals surface area contributed by atoms with Crippen molar-refractivity contribution >= 4 is 23.6 Å². The van der Waals surface area contributed by atoms with Crippen LogP contribution in [0.4, 0.5) is 0 Å². The van der Waals surface area contributed by atoms with Crippen molar-refractivity contribution in [3.63, 3.8) is 0 Å². The second-order valence-electron chi connectivity index (χ2n) is 10.5. The first-order chi connectivity index (χ1) is 19.2. The summed E-state index contributed by atoms with van der Waals surface area (Å²) in [6, 6.07) is 11.5. The van der Waals surface area contributed by atoms with Crippen LogP contribution < -0.4 is 0 Å². The Morgan fingerprint density at radius 3 is 1.43 bits per heavy atom. The van der Waals surface area contributed by atoms with Gasteiger partial charge in [-0.05, 0) is 47.2 Å². The van der Waals surface area contributed by atoms with E-state index in [1.165, 1.54) is 4.90 Å². The molecule has 2 N–H and O–H groups in total. The number of aromatic nitrogens is 4. The fourth-order valence-electron chi connectivity index (χ4n) is 5.14. The van der Waals surface area contributed by atoms with Crippen LogP contribution in [0.3, 0.4) is 0 Å². The van der Waals surface area contributed by atoms with Crippen LogP contribution in [0.15, 0.2) is 73.6 Å². The van der Waals surface area contributed by atoms with Gasteiger partial charge in [-0.1, -0.05) is 52.0 Å². The van der Waals surface area contributed by atoms with Gasteiger partial charge in [0.15, 0.2) is 0 Å². The average molecular weight is 539 g/mol. The third-order valence-electron chi connectivity index (χ3n) is 7.13. The number of carbonyl (C=O) groups is 4. The number of H-pyrrole nitrogens is 2. The summed E-state index contributed by atoms with van der Waals surface area (Å²) in [5.74, 6) is -3.27. The predicted octanol–water partition coefficient (Wildman–Crippen LogP) is 4.17. The molecule has 1 fully saturated rings. The lowest BCUT2D eigenvalue weighted by Gasteiger charge is -2.46. The van der Waals surface area contributed by atoms with Gasteiger partial charge in [0.25, 0.3) is 23.6 Å². The maximum Gasteiger partial charge on any atom is 0.267 e. The molecule has 0 aliphatic carbocycles. The molecule has 40 heavy (non-hydrogen) atoms. The largest absolute Gasteiger partial charge is 0.345 e. The Morgan fingerprint density at radius 1 is 0.675 bits per heavy atom. The molecule has 2 aromatic carbocycles. The molecule has 204 valence electrons. The van der Waals surface area contributed by atoms with Gasteiger partial charge in [0.05, 0.1) is 36.4 Å². The van der Waals surface area contributed by atoms with Crippen LogP contribution in [0.1, 0.15) is 48.4 Å². The number of imidazole rings is 2. The van der Waals surface area contributed by atoms with Crippen LogP contribution in [0.5, 0.6) is 0 Å². The number of amides is 4. The van der Waals surface area contributed by atoms with E-state index >= 15 is 0 Å². The van der Waals surface area contributed by atoms with E-state index in [0.717, 1.165) is 27.4 Å². The Morgan fingerprint density at radius 2 is 1.07 bits per heavy atom. The molecule has 10 nitrogen and oxygen atoms in total. The third kappa shape index (κ3) is 4.72. The van der Waals surface area contributed by atoms with E-state index in [0.29, 0.717) is 5.56 Å². The van der Waals surface area contributed by atoms with E-state index in [1.54, 1.807) is 101 Å². The predicted molar refractivity (Wildman–Crippen MR) is 148 cm³/mol. The maximum absolute atomic E-state index is 13.9. The van der Waals surface area contributed by atoms with Gasteiger partial charge < -0.3 is 14.9 Å². The number of hydrogen-bond donors (Lipinski definition) is 2. The molecular weight excluding hydrogens is 508 g/mol. The van der Waals surface area contributed by atoms with Crippen LogP contribution in [0.2, 0.25) is 0 Å². The van der Waals surface area contributed by atoms with Gasteiger partial charge in [-0.25, -0.2) is 14.9 Å². The highest BCUT2D eigenvalue weighted by molar-refractivity contribution is 6.21. The van der Waals surface area contributed by atoms with Gasteiger partial charge >= 0.3 is 0 Å². The molecule has 4 amide bonds. The molecule has 2 aromatic heterocycles. The smallest absolute Gasteiger partial charge is 0.267 e. The Bertz CT molecular complexity index is 1500. The first-order valence-corrected chi connectivity index (χ1v) is 13.1. The lowest BCUT2D eigenvalue weighted by molar-refractivity contribution is -0.157. The van der Waals surface area contributed by atoms with Gasteiger partial charge in [0.2, 0.25) is 0 Å². The molecule has 4 aromatic rings. The second kappa shape index (κ2) is 10.7. The summed E-state index contributed by atoms with van der Waals surface area (Å²) in [5.41, 5.74) is 3.76. The van der Waals surface area contributed by atoms with Crippen molar-refractivity contribution in [3.8, 4) is 22.5 Å². The molecule has 1 saturated heterocycles. The van der Waals surface area contributed by atoms with Crippen LogP contribution in [0, 0.1) is 11.8 Å². The Labute approximate surface area is 231 Å². The number of piperazine rings is 1. The van der Waals surface area contributed by atoms with E-state index in [4.69, 9.17) is 0 Å². The van der Waals surface area contributed by atoms with E-state index < -0.39 is 35.7 Å². The Kier molecular flexibility index (Phi) is 7.17. The van der Waals surface area contributed by atoms with Gasteiger partial charge in [-0.2, -0.15) is 0 Å². The van der Waals surface area contributed by atoms with E-state index in [1.807, 2.05) is 0 Å². The number of aromatic amines is 2. The molecule has 1 aliphatic rings. The molecule has 10 heteroatoms. The van der Waals surface area contributed by atoms with Crippen molar-refractivity contribution < 1.29 is 19.2 Å². The minimum Gasteiger partial charge on any atom is -0.345 e. The first-order valence-electron chi connectivity index (χ1n) is 13.1. The molecule has 5 rings (SSSR count). The number of rotatable bonds is 6. The molecule has 0 radical (unpaired) electrons. The van der Waals surface area contributed by atoms with Crippen LogP contribution >= 0.6 is 0 Å². The Balaban J connectivity index is 1.47. The molecule has 0 saturated carbocycles. The van der Waals surface area contributed by atoms with Gasteiger partial charge in [0, 0.05) is 11.1 Å². The van der Waals surface area contributed by atoms with Crippen molar-refractivity contribution in [2.24, 2.45) is 11.8 Å². The van der Waals surface area contributed by atoms with Crippen LogP contribution in [-0.2, 0) is 9.59 Å². The van der Waals surface area contributed by atoms with E-state index in [9.17, 15) is 19.2 Å². The summed E-state index contributed by atoms with van der Waals surface area (Å²) < 4.78 is 0. The number of nitrogens with one attached hydrogen (secondary N) is 2. The number of carbonyl (C=O) groups excluding carboxylic acids is 4.